The van der Waals surface area contributed by atoms with Crippen molar-refractivity contribution in [2.75, 3.05) is 11.4 Å². The monoisotopic (exact) mass is 321 g/mol. The van der Waals surface area contributed by atoms with Crippen molar-refractivity contribution in [1.82, 2.24) is 0 Å². The number of amides is 1. The van der Waals surface area contributed by atoms with Gasteiger partial charge in [0.05, 0.1) is 12.0 Å². The largest absolute Gasteiger partial charge is 0.453 e. The van der Waals surface area contributed by atoms with Crippen LogP contribution in [-0.2, 0) is 16.0 Å². The van der Waals surface area contributed by atoms with Crippen molar-refractivity contribution < 1.29 is 14.3 Å². The number of fused-ring (bicyclic) bond motifs is 2. The van der Waals surface area contributed by atoms with Gasteiger partial charge in [-0.05, 0) is 37.5 Å². The van der Waals surface area contributed by atoms with Crippen molar-refractivity contribution in [1.29, 1.82) is 0 Å². The van der Waals surface area contributed by atoms with Crippen molar-refractivity contribution in [3.8, 4) is 0 Å². The van der Waals surface area contributed by atoms with Gasteiger partial charge in [-0.15, -0.1) is 0 Å². The summed E-state index contributed by atoms with van der Waals surface area (Å²) in [5.41, 5.74) is 4.82. The summed E-state index contributed by atoms with van der Waals surface area (Å²) < 4.78 is 5.41. The summed E-state index contributed by atoms with van der Waals surface area (Å²) >= 11 is 0. The summed E-state index contributed by atoms with van der Waals surface area (Å²) in [6, 6.07) is 13.5. The first kappa shape index (κ1) is 14.9. The van der Waals surface area contributed by atoms with E-state index in [4.69, 9.17) is 4.74 Å². The third-order valence-electron chi connectivity index (χ3n) is 4.79. The number of aryl methyl sites for hydroxylation is 2. The molecule has 2 heterocycles. The molecule has 0 unspecified atom stereocenters. The van der Waals surface area contributed by atoms with Crippen LogP contribution in [0.3, 0.4) is 0 Å². The summed E-state index contributed by atoms with van der Waals surface area (Å²) in [4.78, 5) is 26.6. The Labute approximate surface area is 141 Å². The predicted molar refractivity (Wildman–Crippen MR) is 91.1 cm³/mol. The van der Waals surface area contributed by atoms with E-state index in [0.29, 0.717) is 5.56 Å². The first-order chi connectivity index (χ1) is 11.6. The van der Waals surface area contributed by atoms with Crippen LogP contribution < -0.4 is 4.90 Å². The van der Waals surface area contributed by atoms with Crippen LogP contribution in [0.15, 0.2) is 42.5 Å². The van der Waals surface area contributed by atoms with E-state index in [-0.39, 0.29) is 18.3 Å². The average Bonchev–Trinajstić information content (AvgIpc) is 2.90. The molecule has 0 aliphatic carbocycles. The van der Waals surface area contributed by atoms with Gasteiger partial charge in [0, 0.05) is 17.8 Å². The molecule has 24 heavy (non-hydrogen) atoms. The quantitative estimate of drug-likeness (QED) is 0.794. The Morgan fingerprint density at radius 3 is 2.96 bits per heavy atom. The fraction of sp³-hybridized carbons (Fsp3) is 0.300. The maximum atomic E-state index is 12.9. The Hall–Kier alpha value is -2.62. The molecule has 4 nitrogen and oxygen atoms in total. The molecule has 1 amide bonds. The zero-order chi connectivity index (χ0) is 16.7. The number of benzene rings is 2. The number of carbonyl (C=O) groups excluding carboxylic acids is 2. The van der Waals surface area contributed by atoms with Crippen molar-refractivity contribution in [2.24, 2.45) is 0 Å². The standard InChI is InChI=1S/C20H19NO3/c1-13-8-9-17-14(11-13)5-4-10-21(17)19(22)12-18-15-6-2-3-7-16(15)20(23)24-18/h2-3,6-9,11,18H,4-5,10,12H2,1H3/t18-/m1/s1. The van der Waals surface area contributed by atoms with Gasteiger partial charge in [-0.3, -0.25) is 4.79 Å². The number of carbonyl (C=O) groups is 2. The zero-order valence-corrected chi connectivity index (χ0v) is 13.6. The molecule has 1 atom stereocenters. The van der Waals surface area contributed by atoms with Gasteiger partial charge in [-0.2, -0.15) is 0 Å². The number of esters is 1. The number of cyclic esters (lactones) is 1. The van der Waals surface area contributed by atoms with Crippen molar-refractivity contribution in [3.63, 3.8) is 0 Å². The molecule has 0 aromatic heterocycles. The summed E-state index contributed by atoms with van der Waals surface area (Å²) in [7, 11) is 0. The molecule has 2 aliphatic rings. The minimum absolute atomic E-state index is 0.00862. The molecule has 2 aromatic carbocycles. The van der Waals surface area contributed by atoms with Gasteiger partial charge in [0.15, 0.2) is 0 Å². The maximum absolute atomic E-state index is 12.9. The fourth-order valence-electron chi connectivity index (χ4n) is 3.63. The Kier molecular flexibility index (Phi) is 3.60. The van der Waals surface area contributed by atoms with Crippen LogP contribution in [0.2, 0.25) is 0 Å². The first-order valence-electron chi connectivity index (χ1n) is 8.33. The first-order valence-corrected chi connectivity index (χ1v) is 8.33. The van der Waals surface area contributed by atoms with E-state index >= 15 is 0 Å². The average molecular weight is 321 g/mol. The second-order valence-electron chi connectivity index (χ2n) is 6.47. The number of anilines is 1. The van der Waals surface area contributed by atoms with E-state index < -0.39 is 6.10 Å². The minimum Gasteiger partial charge on any atom is -0.453 e. The third kappa shape index (κ3) is 2.48. The lowest BCUT2D eigenvalue weighted by atomic mass is 9.98. The zero-order valence-electron chi connectivity index (χ0n) is 13.6. The molecule has 0 saturated heterocycles. The minimum atomic E-state index is -0.475. The Balaban J connectivity index is 1.58. The van der Waals surface area contributed by atoms with E-state index in [9.17, 15) is 9.59 Å². The van der Waals surface area contributed by atoms with Crippen LogP contribution in [0, 0.1) is 6.92 Å². The molecule has 4 rings (SSSR count). The molecule has 2 aliphatic heterocycles. The highest BCUT2D eigenvalue weighted by atomic mass is 16.5. The Bertz CT molecular complexity index is 827. The van der Waals surface area contributed by atoms with Crippen LogP contribution in [0.25, 0.3) is 0 Å². The number of ether oxygens (including phenoxy) is 1. The highest BCUT2D eigenvalue weighted by Crippen LogP contribution is 2.35. The highest BCUT2D eigenvalue weighted by molar-refractivity contribution is 5.98. The molecule has 0 bridgehead atoms. The van der Waals surface area contributed by atoms with Crippen LogP contribution in [0.1, 0.15) is 46.0 Å². The topological polar surface area (TPSA) is 46.6 Å². The normalized spacial score (nSPS) is 18.8. The van der Waals surface area contributed by atoms with E-state index in [2.05, 4.69) is 13.0 Å². The van der Waals surface area contributed by atoms with Crippen LogP contribution >= 0.6 is 0 Å². The highest BCUT2D eigenvalue weighted by Gasteiger charge is 2.34. The summed E-state index contributed by atoms with van der Waals surface area (Å²) in [5, 5.41) is 0. The van der Waals surface area contributed by atoms with Gasteiger partial charge in [0.2, 0.25) is 5.91 Å². The van der Waals surface area contributed by atoms with Crippen molar-refractivity contribution >= 4 is 17.6 Å². The molecule has 0 spiro atoms. The Morgan fingerprint density at radius 2 is 2.08 bits per heavy atom. The van der Waals surface area contributed by atoms with Crippen molar-refractivity contribution in [2.45, 2.75) is 32.3 Å². The number of hydrogen-bond donors (Lipinski definition) is 0. The summed E-state index contributed by atoms with van der Waals surface area (Å²) in [6.45, 7) is 2.78. The van der Waals surface area contributed by atoms with E-state index in [0.717, 1.165) is 30.6 Å². The molecular weight excluding hydrogens is 302 g/mol. The molecule has 2 aromatic rings. The molecule has 4 heteroatoms. The van der Waals surface area contributed by atoms with Gasteiger partial charge >= 0.3 is 5.97 Å². The predicted octanol–water partition coefficient (Wildman–Crippen LogP) is 3.58. The lowest BCUT2D eigenvalue weighted by molar-refractivity contribution is -0.120. The molecule has 0 saturated carbocycles. The fourth-order valence-corrected chi connectivity index (χ4v) is 3.63. The van der Waals surface area contributed by atoms with Crippen molar-refractivity contribution in [3.05, 3.63) is 64.7 Å². The smallest absolute Gasteiger partial charge is 0.339 e. The second-order valence-corrected chi connectivity index (χ2v) is 6.47. The van der Waals surface area contributed by atoms with Gasteiger partial charge < -0.3 is 9.64 Å². The van der Waals surface area contributed by atoms with Gasteiger partial charge in [0.1, 0.15) is 6.10 Å². The van der Waals surface area contributed by atoms with Gasteiger partial charge in [0.25, 0.3) is 0 Å². The lowest BCUT2D eigenvalue weighted by Crippen LogP contribution is -2.36. The van der Waals surface area contributed by atoms with E-state index in [1.54, 1.807) is 6.07 Å². The van der Waals surface area contributed by atoms with Crippen LogP contribution in [-0.4, -0.2) is 18.4 Å². The Morgan fingerprint density at radius 1 is 1.25 bits per heavy atom. The van der Waals surface area contributed by atoms with Crippen LogP contribution in [0.4, 0.5) is 5.69 Å². The summed E-state index contributed by atoms with van der Waals surface area (Å²) in [5.74, 6) is -0.327. The number of rotatable bonds is 2. The number of hydrogen-bond acceptors (Lipinski definition) is 3. The van der Waals surface area contributed by atoms with Crippen LogP contribution in [0.5, 0.6) is 0 Å². The molecular formula is C20H19NO3. The molecule has 0 N–H and O–H groups in total. The lowest BCUT2D eigenvalue weighted by Gasteiger charge is -2.30. The summed E-state index contributed by atoms with van der Waals surface area (Å²) in [6.07, 6.45) is 1.68. The third-order valence-corrected chi connectivity index (χ3v) is 4.79. The number of nitrogens with zero attached hydrogens (tertiary/aromatic N) is 1. The maximum Gasteiger partial charge on any atom is 0.339 e. The van der Waals surface area contributed by atoms with E-state index in [1.165, 1.54) is 11.1 Å². The molecule has 122 valence electrons. The van der Waals surface area contributed by atoms with Gasteiger partial charge in [-0.1, -0.05) is 35.9 Å². The van der Waals surface area contributed by atoms with Gasteiger partial charge in [-0.25, -0.2) is 4.79 Å². The molecule has 0 radical (unpaired) electrons. The second kappa shape index (κ2) is 5.78. The SMILES string of the molecule is Cc1ccc2c(c1)CCCN2C(=O)C[C@H]1OC(=O)c2ccccc21. The van der Waals surface area contributed by atoms with E-state index in [1.807, 2.05) is 35.2 Å². The molecule has 0 fully saturated rings.